The summed E-state index contributed by atoms with van der Waals surface area (Å²) in [5.74, 6) is 0.997. The SMILES string of the molecule is Cc1cc(CN2CC=NC2=C[N+](=O)[O-])on1. The van der Waals surface area contributed by atoms with Gasteiger partial charge in [0.05, 0.1) is 23.7 Å². The maximum atomic E-state index is 10.4. The van der Waals surface area contributed by atoms with Crippen molar-refractivity contribution in [2.75, 3.05) is 6.54 Å². The summed E-state index contributed by atoms with van der Waals surface area (Å²) in [7, 11) is 0. The summed E-state index contributed by atoms with van der Waals surface area (Å²) in [5.41, 5.74) is 0.787. The molecule has 16 heavy (non-hydrogen) atoms. The molecule has 0 amide bonds. The van der Waals surface area contributed by atoms with E-state index in [0.717, 1.165) is 11.9 Å². The van der Waals surface area contributed by atoms with Crippen molar-refractivity contribution < 1.29 is 9.45 Å². The van der Waals surface area contributed by atoms with Gasteiger partial charge in [0.15, 0.2) is 5.76 Å². The second-order valence-corrected chi connectivity index (χ2v) is 3.40. The number of nitrogens with zero attached hydrogens (tertiary/aromatic N) is 4. The molecular weight excluding hydrogens is 212 g/mol. The van der Waals surface area contributed by atoms with E-state index in [1.54, 1.807) is 17.2 Å². The third-order valence-electron chi connectivity index (χ3n) is 2.09. The summed E-state index contributed by atoms with van der Waals surface area (Å²) in [6, 6.07) is 1.79. The molecule has 0 saturated carbocycles. The van der Waals surface area contributed by atoms with E-state index in [1.165, 1.54) is 0 Å². The molecular formula is C9H10N4O3. The van der Waals surface area contributed by atoms with Gasteiger partial charge in [0.1, 0.15) is 0 Å². The minimum Gasteiger partial charge on any atom is -0.359 e. The Morgan fingerprint density at radius 1 is 1.75 bits per heavy atom. The van der Waals surface area contributed by atoms with Gasteiger partial charge in [-0.15, -0.1) is 0 Å². The molecule has 7 nitrogen and oxygen atoms in total. The predicted molar refractivity (Wildman–Crippen MR) is 55.2 cm³/mol. The Morgan fingerprint density at radius 2 is 2.56 bits per heavy atom. The molecule has 7 heteroatoms. The molecule has 0 N–H and O–H groups in total. The minimum absolute atomic E-state index is 0.332. The Hall–Kier alpha value is -2.18. The Bertz CT molecular complexity index is 463. The quantitative estimate of drug-likeness (QED) is 0.561. The molecule has 1 aliphatic rings. The highest BCUT2D eigenvalue weighted by Crippen LogP contribution is 2.15. The number of aromatic nitrogens is 1. The topological polar surface area (TPSA) is 84.8 Å². The molecule has 1 aromatic rings. The predicted octanol–water partition coefficient (Wildman–Crippen LogP) is 0.945. The lowest BCUT2D eigenvalue weighted by atomic mass is 10.3. The zero-order valence-corrected chi connectivity index (χ0v) is 8.66. The fraction of sp³-hybridized carbons (Fsp3) is 0.333. The van der Waals surface area contributed by atoms with Crippen molar-refractivity contribution in [3.63, 3.8) is 0 Å². The molecule has 0 bridgehead atoms. The first-order valence-electron chi connectivity index (χ1n) is 4.70. The molecule has 2 rings (SSSR count). The van der Waals surface area contributed by atoms with E-state index in [0.29, 0.717) is 24.7 Å². The molecule has 0 saturated heterocycles. The van der Waals surface area contributed by atoms with Gasteiger partial charge < -0.3 is 9.42 Å². The van der Waals surface area contributed by atoms with Crippen molar-refractivity contribution in [2.24, 2.45) is 4.99 Å². The Morgan fingerprint density at radius 3 is 3.19 bits per heavy atom. The number of aryl methyl sites for hydroxylation is 1. The van der Waals surface area contributed by atoms with Gasteiger partial charge in [0.2, 0.25) is 5.82 Å². The van der Waals surface area contributed by atoms with Crippen LogP contribution in [0, 0.1) is 17.0 Å². The first-order valence-corrected chi connectivity index (χ1v) is 4.70. The van der Waals surface area contributed by atoms with E-state index in [1.807, 2.05) is 6.92 Å². The van der Waals surface area contributed by atoms with Gasteiger partial charge >= 0.3 is 0 Å². The summed E-state index contributed by atoms with van der Waals surface area (Å²) in [5, 5.41) is 14.1. The van der Waals surface area contributed by atoms with Crippen LogP contribution in [0.5, 0.6) is 0 Å². The first-order chi connectivity index (χ1) is 7.65. The van der Waals surface area contributed by atoms with Crippen LogP contribution in [0.4, 0.5) is 0 Å². The van der Waals surface area contributed by atoms with Gasteiger partial charge in [-0.3, -0.25) is 10.1 Å². The monoisotopic (exact) mass is 222 g/mol. The summed E-state index contributed by atoms with van der Waals surface area (Å²) in [4.78, 5) is 15.5. The van der Waals surface area contributed by atoms with E-state index in [4.69, 9.17) is 4.52 Å². The number of aliphatic imine (C=N–C) groups is 1. The highest BCUT2D eigenvalue weighted by atomic mass is 16.6. The number of hydrogen-bond donors (Lipinski definition) is 0. The molecule has 0 spiro atoms. The van der Waals surface area contributed by atoms with E-state index >= 15 is 0 Å². The minimum atomic E-state index is -0.517. The maximum absolute atomic E-state index is 10.4. The maximum Gasteiger partial charge on any atom is 0.276 e. The number of hydrogen-bond acceptors (Lipinski definition) is 6. The molecule has 1 aromatic heterocycles. The lowest BCUT2D eigenvalue weighted by molar-refractivity contribution is -0.404. The van der Waals surface area contributed by atoms with E-state index in [-0.39, 0.29) is 0 Å². The Kier molecular flexibility index (Phi) is 2.67. The standard InChI is InChI=1S/C9H10N4O3/c1-7-4-8(16-11-7)5-12-3-2-10-9(12)6-13(14)15/h2,4,6H,3,5H2,1H3. The largest absolute Gasteiger partial charge is 0.359 e. The normalized spacial score (nSPS) is 17.3. The fourth-order valence-corrected chi connectivity index (χ4v) is 1.44. The van der Waals surface area contributed by atoms with Crippen LogP contribution >= 0.6 is 0 Å². The molecule has 0 aliphatic carbocycles. The van der Waals surface area contributed by atoms with Crippen molar-refractivity contribution >= 4 is 6.21 Å². The van der Waals surface area contributed by atoms with Gasteiger partial charge in [0.25, 0.3) is 6.20 Å². The average molecular weight is 222 g/mol. The average Bonchev–Trinajstić information content (AvgIpc) is 2.77. The van der Waals surface area contributed by atoms with Crippen LogP contribution in [0.3, 0.4) is 0 Å². The molecule has 0 atom stereocenters. The van der Waals surface area contributed by atoms with Crippen LogP contribution in [0.1, 0.15) is 11.5 Å². The zero-order chi connectivity index (χ0) is 11.5. The van der Waals surface area contributed by atoms with Crippen LogP contribution in [-0.4, -0.2) is 27.7 Å². The van der Waals surface area contributed by atoms with Crippen molar-refractivity contribution in [1.29, 1.82) is 0 Å². The van der Waals surface area contributed by atoms with Gasteiger partial charge in [-0.05, 0) is 6.92 Å². The van der Waals surface area contributed by atoms with Crippen LogP contribution in [0.15, 0.2) is 27.6 Å². The Balaban J connectivity index is 2.08. The number of rotatable bonds is 3. The molecule has 0 radical (unpaired) electrons. The van der Waals surface area contributed by atoms with Crippen LogP contribution in [0.25, 0.3) is 0 Å². The lowest BCUT2D eigenvalue weighted by Crippen LogP contribution is -2.19. The summed E-state index contributed by atoms with van der Waals surface area (Å²) >= 11 is 0. The Labute approximate surface area is 91.2 Å². The van der Waals surface area contributed by atoms with Gasteiger partial charge in [-0.2, -0.15) is 0 Å². The summed E-state index contributed by atoms with van der Waals surface area (Å²) in [6.45, 7) is 2.79. The molecule has 2 heterocycles. The van der Waals surface area contributed by atoms with Crippen molar-refractivity contribution in [3.05, 3.63) is 39.7 Å². The first kappa shape index (κ1) is 10.3. The van der Waals surface area contributed by atoms with Crippen LogP contribution < -0.4 is 0 Å². The summed E-state index contributed by atoms with van der Waals surface area (Å²) in [6.07, 6.45) is 2.51. The van der Waals surface area contributed by atoms with Gasteiger partial charge in [-0.25, -0.2) is 4.99 Å². The highest BCUT2D eigenvalue weighted by Gasteiger charge is 2.18. The third-order valence-corrected chi connectivity index (χ3v) is 2.09. The van der Waals surface area contributed by atoms with Crippen molar-refractivity contribution in [1.82, 2.24) is 10.1 Å². The smallest absolute Gasteiger partial charge is 0.276 e. The van der Waals surface area contributed by atoms with Gasteiger partial charge in [-0.1, -0.05) is 5.16 Å². The summed E-state index contributed by atoms with van der Waals surface area (Å²) < 4.78 is 5.04. The molecule has 0 unspecified atom stereocenters. The second kappa shape index (κ2) is 4.13. The molecule has 1 aliphatic heterocycles. The third kappa shape index (κ3) is 2.25. The molecule has 84 valence electrons. The fourth-order valence-electron chi connectivity index (χ4n) is 1.44. The van der Waals surface area contributed by atoms with Crippen LogP contribution in [-0.2, 0) is 6.54 Å². The van der Waals surface area contributed by atoms with Gasteiger partial charge in [0, 0.05) is 12.3 Å². The second-order valence-electron chi connectivity index (χ2n) is 3.40. The molecule has 0 fully saturated rings. The number of nitro groups is 1. The van der Waals surface area contributed by atoms with E-state index in [2.05, 4.69) is 10.1 Å². The van der Waals surface area contributed by atoms with Crippen molar-refractivity contribution in [2.45, 2.75) is 13.5 Å². The highest BCUT2D eigenvalue weighted by molar-refractivity contribution is 5.64. The zero-order valence-electron chi connectivity index (χ0n) is 8.66. The van der Waals surface area contributed by atoms with E-state index < -0.39 is 4.92 Å². The lowest BCUT2D eigenvalue weighted by Gasteiger charge is -2.13. The van der Waals surface area contributed by atoms with E-state index in [9.17, 15) is 10.1 Å². The molecule has 0 aromatic carbocycles. The van der Waals surface area contributed by atoms with Crippen molar-refractivity contribution in [3.8, 4) is 0 Å². The van der Waals surface area contributed by atoms with Crippen LogP contribution in [0.2, 0.25) is 0 Å².